The van der Waals surface area contributed by atoms with Crippen molar-refractivity contribution < 1.29 is 57.8 Å². The fourth-order valence-electron chi connectivity index (χ4n) is 7.10. The molecule has 6 rings (SSSR count). The number of carbonyl (C=O) groups excluding carboxylic acids is 2. The summed E-state index contributed by atoms with van der Waals surface area (Å²) in [6.45, 7) is 6.49. The number of hydrogen-bond donors (Lipinski definition) is 3. The summed E-state index contributed by atoms with van der Waals surface area (Å²) >= 11 is 0. The summed E-state index contributed by atoms with van der Waals surface area (Å²) in [5, 5.41) is 25.3. The number of aliphatic hydroxyl groups is 1. The second-order valence-electron chi connectivity index (χ2n) is 14.9. The van der Waals surface area contributed by atoms with Crippen LogP contribution >= 0.6 is 0 Å². The molecule has 0 radical (unpaired) electrons. The maximum atomic E-state index is 14.3. The lowest BCUT2D eigenvalue weighted by Gasteiger charge is -2.36. The number of esters is 1. The summed E-state index contributed by atoms with van der Waals surface area (Å²) in [7, 11) is 0. The van der Waals surface area contributed by atoms with Crippen LogP contribution in [0.3, 0.4) is 0 Å². The number of fused-ring (bicyclic) bond motifs is 1. The minimum Gasteiger partial charge on any atom is -0.481 e. The van der Waals surface area contributed by atoms with E-state index < -0.39 is 77.7 Å². The monoisotopic (exact) mass is 747 g/mol. The maximum absolute atomic E-state index is 14.3. The maximum Gasteiger partial charge on any atom is 0.333 e. The molecular formula is C41H49NO12. The van der Waals surface area contributed by atoms with Gasteiger partial charge >= 0.3 is 11.9 Å². The van der Waals surface area contributed by atoms with Crippen LogP contribution < -0.4 is 5.32 Å². The van der Waals surface area contributed by atoms with Gasteiger partial charge in [0.25, 0.3) is 5.79 Å². The van der Waals surface area contributed by atoms with Crippen LogP contribution in [0.25, 0.3) is 0 Å². The van der Waals surface area contributed by atoms with Crippen molar-refractivity contribution in [3.63, 3.8) is 0 Å². The van der Waals surface area contributed by atoms with Gasteiger partial charge in [0.2, 0.25) is 5.91 Å². The van der Waals surface area contributed by atoms with Crippen molar-refractivity contribution in [1.29, 1.82) is 0 Å². The molecule has 13 nitrogen and oxygen atoms in total. The Balaban J connectivity index is 1.26. The van der Waals surface area contributed by atoms with E-state index >= 15 is 0 Å². The molecule has 0 spiro atoms. The number of aliphatic carboxylic acids is 1. The van der Waals surface area contributed by atoms with Gasteiger partial charge in [0.1, 0.15) is 6.10 Å². The average Bonchev–Trinajstić information content (AvgIpc) is 3.75. The highest BCUT2D eigenvalue weighted by Gasteiger charge is 2.69. The van der Waals surface area contributed by atoms with Gasteiger partial charge in [-0.1, -0.05) is 91.0 Å². The minimum absolute atomic E-state index is 0.0176. The first-order valence-electron chi connectivity index (χ1n) is 18.2. The van der Waals surface area contributed by atoms with Crippen LogP contribution in [0.2, 0.25) is 0 Å². The van der Waals surface area contributed by atoms with Crippen molar-refractivity contribution in [2.45, 2.75) is 102 Å². The van der Waals surface area contributed by atoms with E-state index in [9.17, 15) is 24.6 Å². The molecule has 3 aliphatic rings. The quantitative estimate of drug-likeness (QED) is 0.142. The highest BCUT2D eigenvalue weighted by atomic mass is 16.9. The molecule has 3 fully saturated rings. The van der Waals surface area contributed by atoms with E-state index in [4.69, 9.17) is 33.2 Å². The van der Waals surface area contributed by atoms with E-state index in [2.05, 4.69) is 5.32 Å². The normalized spacial score (nSPS) is 27.1. The molecule has 3 saturated heterocycles. The third-order valence-electron chi connectivity index (χ3n) is 9.72. The number of rotatable bonds is 16. The molecule has 0 bridgehead atoms. The lowest BCUT2D eigenvalue weighted by atomic mass is 9.85. The summed E-state index contributed by atoms with van der Waals surface area (Å²) in [6.07, 6.45) is -4.13. The number of hydrogen-bond acceptors (Lipinski definition) is 11. The van der Waals surface area contributed by atoms with Crippen LogP contribution in [0, 0.1) is 11.8 Å². The van der Waals surface area contributed by atoms with Gasteiger partial charge in [-0.2, -0.15) is 0 Å². The Hall–Kier alpha value is -4.21. The minimum atomic E-state index is -2.43. The molecular weight excluding hydrogens is 698 g/mol. The fourth-order valence-corrected chi connectivity index (χ4v) is 7.10. The number of carbonyl (C=O) groups is 3. The topological polar surface area (TPSA) is 168 Å². The Morgan fingerprint density at radius 1 is 0.778 bits per heavy atom. The molecule has 1 amide bonds. The number of amides is 1. The lowest BCUT2D eigenvalue weighted by Crippen LogP contribution is -2.59. The number of ether oxygens (including phenoxy) is 7. The summed E-state index contributed by atoms with van der Waals surface area (Å²) in [5.74, 6) is -9.03. The Morgan fingerprint density at radius 3 is 1.91 bits per heavy atom. The zero-order chi connectivity index (χ0) is 38.5. The summed E-state index contributed by atoms with van der Waals surface area (Å²) in [5.41, 5.74) is 2.46. The lowest BCUT2D eigenvalue weighted by molar-refractivity contribution is -0.304. The Bertz CT molecular complexity index is 1720. The number of benzene rings is 3. The molecule has 3 N–H and O–H groups in total. The van der Waals surface area contributed by atoms with Crippen molar-refractivity contribution in [2.75, 3.05) is 13.2 Å². The van der Waals surface area contributed by atoms with Crippen LogP contribution in [0.1, 0.15) is 50.8 Å². The average molecular weight is 748 g/mol. The SMILES string of the molecule is CC1(C)OC[C@H]([C@H]2OC3OC(C)(C)O[C@@H]3[C@@]2(O)OC(=O)[C@H](COCc2ccccc2)NC(=O)[C@H](Cc2ccccc2)C[C@@H](Cc2ccccc2)C(=O)O)O1. The zero-order valence-electron chi connectivity index (χ0n) is 30.9. The van der Waals surface area contributed by atoms with E-state index in [-0.39, 0.29) is 39.1 Å². The second-order valence-corrected chi connectivity index (χ2v) is 14.9. The summed E-state index contributed by atoms with van der Waals surface area (Å²) in [4.78, 5) is 41.1. The van der Waals surface area contributed by atoms with Crippen LogP contribution in [0.5, 0.6) is 0 Å². The number of carboxylic acid groups (broad SMARTS) is 1. The highest BCUT2D eigenvalue weighted by Crippen LogP contribution is 2.46. The Labute approximate surface area is 314 Å². The van der Waals surface area contributed by atoms with Crippen LogP contribution in [0.15, 0.2) is 91.0 Å². The van der Waals surface area contributed by atoms with Gasteiger partial charge in [0, 0.05) is 5.92 Å². The molecule has 290 valence electrons. The second kappa shape index (κ2) is 16.7. The number of nitrogens with one attached hydrogen (secondary N) is 1. The third-order valence-corrected chi connectivity index (χ3v) is 9.72. The fraction of sp³-hybridized carbons (Fsp3) is 0.488. The molecule has 8 atom stereocenters. The van der Waals surface area contributed by atoms with Crippen molar-refractivity contribution >= 4 is 17.8 Å². The van der Waals surface area contributed by atoms with Gasteiger partial charge in [0.05, 0.1) is 25.7 Å². The van der Waals surface area contributed by atoms with Gasteiger partial charge < -0.3 is 48.7 Å². The van der Waals surface area contributed by atoms with Crippen molar-refractivity contribution in [2.24, 2.45) is 11.8 Å². The van der Waals surface area contributed by atoms with E-state index in [0.717, 1.165) is 16.7 Å². The highest BCUT2D eigenvalue weighted by molar-refractivity contribution is 5.86. The van der Waals surface area contributed by atoms with Gasteiger partial charge in [-0.15, -0.1) is 0 Å². The predicted octanol–water partition coefficient (Wildman–Crippen LogP) is 4.14. The number of carboxylic acids is 1. The van der Waals surface area contributed by atoms with Crippen LogP contribution in [-0.2, 0) is 67.0 Å². The van der Waals surface area contributed by atoms with Gasteiger partial charge in [-0.3, -0.25) is 9.59 Å². The third kappa shape index (κ3) is 9.71. The summed E-state index contributed by atoms with van der Waals surface area (Å²) < 4.78 is 41.6. The molecule has 54 heavy (non-hydrogen) atoms. The molecule has 3 aromatic rings. The Morgan fingerprint density at radius 2 is 1.35 bits per heavy atom. The predicted molar refractivity (Wildman–Crippen MR) is 192 cm³/mol. The van der Waals surface area contributed by atoms with E-state index in [1.165, 1.54) is 0 Å². The van der Waals surface area contributed by atoms with Gasteiger partial charge in [-0.05, 0) is 63.6 Å². The molecule has 0 aliphatic carbocycles. The smallest absolute Gasteiger partial charge is 0.333 e. The van der Waals surface area contributed by atoms with Crippen LogP contribution in [0.4, 0.5) is 0 Å². The zero-order valence-corrected chi connectivity index (χ0v) is 30.9. The summed E-state index contributed by atoms with van der Waals surface area (Å²) in [6, 6.07) is 26.3. The molecule has 3 aromatic carbocycles. The molecule has 0 aromatic heterocycles. The first-order valence-corrected chi connectivity index (χ1v) is 18.2. The molecule has 3 aliphatic heterocycles. The first kappa shape index (κ1) is 39.5. The van der Waals surface area contributed by atoms with Crippen LogP contribution in [-0.4, -0.2) is 89.3 Å². The molecule has 3 heterocycles. The van der Waals surface area contributed by atoms with Gasteiger partial charge in [0.15, 0.2) is 36.1 Å². The first-order chi connectivity index (χ1) is 25.7. The largest absolute Gasteiger partial charge is 0.481 e. The molecule has 0 saturated carbocycles. The Kier molecular flexibility index (Phi) is 12.2. The van der Waals surface area contributed by atoms with Crippen molar-refractivity contribution in [3.05, 3.63) is 108 Å². The van der Waals surface area contributed by atoms with Gasteiger partial charge in [-0.25, -0.2) is 4.79 Å². The van der Waals surface area contributed by atoms with E-state index in [1.54, 1.807) is 27.7 Å². The van der Waals surface area contributed by atoms with Crippen molar-refractivity contribution in [3.8, 4) is 0 Å². The van der Waals surface area contributed by atoms with E-state index in [1.807, 2.05) is 91.0 Å². The molecule has 13 heteroatoms. The molecule has 1 unspecified atom stereocenters. The standard InChI is InChI=1S/C41H49NO12/c1-39(2)49-25-32(51-39)33-41(47,34-38(50-33)54-40(3,4)52-34)53-37(46)31(24-48-23-28-18-12-7-13-19-28)42-35(43)29(20-26-14-8-5-9-15-26)22-30(36(44)45)21-27-16-10-6-11-17-27/h5-19,29-34,38,47H,20-25H2,1-4H3,(H,42,43)(H,44,45)/t29-,30-,31+,32-,33-,34+,38?,41+/m1/s1. The van der Waals surface area contributed by atoms with Crippen molar-refractivity contribution in [1.82, 2.24) is 5.32 Å². The van der Waals surface area contributed by atoms with E-state index in [0.29, 0.717) is 0 Å².